The van der Waals surface area contributed by atoms with Crippen molar-refractivity contribution in [3.8, 4) is 0 Å². The summed E-state index contributed by atoms with van der Waals surface area (Å²) in [4.78, 5) is 10.0. The van der Waals surface area contributed by atoms with Gasteiger partial charge in [-0.1, -0.05) is 0 Å². The number of carbonyl (C=O) groups is 1. The second-order valence-electron chi connectivity index (χ2n) is 0.939. The molecule has 4 heteroatoms. The first-order valence-electron chi connectivity index (χ1n) is 1.55. The highest BCUT2D eigenvalue weighted by molar-refractivity contribution is 7.31. The third-order valence-electron chi connectivity index (χ3n) is 0.466. The average molecular weight is 105 g/mol. The van der Waals surface area contributed by atoms with E-state index in [0.29, 0.717) is 0 Å². The fourth-order valence-corrected chi connectivity index (χ4v) is 0.692. The molecular weight excluding hydrogens is 101 g/mol. The Bertz CT molecular complexity index is 65.9. The maximum Gasteiger partial charge on any atom is 0.251 e. The standard InChI is InChI=1S/C2H4NO2P/c4-2-1-5-6-3-2/h6H,1H2,(H,3,4). The van der Waals surface area contributed by atoms with Gasteiger partial charge in [0.1, 0.15) is 15.6 Å². The van der Waals surface area contributed by atoms with Gasteiger partial charge in [0.15, 0.2) is 0 Å². The van der Waals surface area contributed by atoms with Crippen LogP contribution in [0, 0.1) is 0 Å². The minimum absolute atomic E-state index is 0.00617. The van der Waals surface area contributed by atoms with Gasteiger partial charge >= 0.3 is 0 Å². The molecule has 1 rings (SSSR count). The molecule has 6 heavy (non-hydrogen) atoms. The van der Waals surface area contributed by atoms with E-state index in [0.717, 1.165) is 0 Å². The van der Waals surface area contributed by atoms with Crippen LogP contribution in [0.4, 0.5) is 0 Å². The third-order valence-corrected chi connectivity index (χ3v) is 1.14. The van der Waals surface area contributed by atoms with Crippen molar-refractivity contribution >= 4 is 14.9 Å². The quantitative estimate of drug-likeness (QED) is 0.427. The number of hydrogen-bond acceptors (Lipinski definition) is 2. The molecule has 1 atom stereocenters. The van der Waals surface area contributed by atoms with Crippen molar-refractivity contribution in [3.63, 3.8) is 0 Å². The molecule has 1 fully saturated rings. The van der Waals surface area contributed by atoms with Crippen molar-refractivity contribution in [2.75, 3.05) is 6.61 Å². The van der Waals surface area contributed by atoms with Gasteiger partial charge in [0.25, 0.3) is 5.91 Å². The zero-order valence-corrected chi connectivity index (χ0v) is 4.02. The predicted molar refractivity (Wildman–Crippen MR) is 22.4 cm³/mol. The normalized spacial score (nSPS) is 25.0. The second kappa shape index (κ2) is 1.54. The van der Waals surface area contributed by atoms with Crippen LogP contribution in [0.25, 0.3) is 0 Å². The van der Waals surface area contributed by atoms with E-state index in [9.17, 15) is 4.79 Å². The number of rotatable bonds is 0. The molecule has 0 bridgehead atoms. The monoisotopic (exact) mass is 105 g/mol. The Labute approximate surface area is 37.0 Å². The first-order chi connectivity index (χ1) is 2.89. The summed E-state index contributed by atoms with van der Waals surface area (Å²) in [6.45, 7) is 0.248. The third kappa shape index (κ3) is 0.671. The molecule has 1 N–H and O–H groups in total. The van der Waals surface area contributed by atoms with Gasteiger partial charge in [-0.2, -0.15) is 0 Å². The Hall–Kier alpha value is -0.140. The lowest BCUT2D eigenvalue weighted by atomic mass is 10.7. The molecule has 1 amide bonds. The zero-order valence-electron chi connectivity index (χ0n) is 3.02. The highest BCUT2D eigenvalue weighted by atomic mass is 31.1. The lowest BCUT2D eigenvalue weighted by Crippen LogP contribution is -2.08. The highest BCUT2D eigenvalue weighted by Gasteiger charge is 2.06. The van der Waals surface area contributed by atoms with E-state index < -0.39 is 0 Å². The van der Waals surface area contributed by atoms with Gasteiger partial charge in [0, 0.05) is 0 Å². The summed E-state index contributed by atoms with van der Waals surface area (Å²) >= 11 is 0. The van der Waals surface area contributed by atoms with E-state index >= 15 is 0 Å². The number of carbonyl (C=O) groups excluding carboxylic acids is 1. The van der Waals surface area contributed by atoms with Crippen molar-refractivity contribution in [1.82, 2.24) is 5.09 Å². The van der Waals surface area contributed by atoms with Crippen LogP contribution in [-0.2, 0) is 9.32 Å². The van der Waals surface area contributed by atoms with Crippen LogP contribution in [0.15, 0.2) is 0 Å². The summed E-state index contributed by atoms with van der Waals surface area (Å²) in [7, 11) is 0.189. The van der Waals surface area contributed by atoms with E-state index in [1.54, 1.807) is 0 Å². The summed E-state index contributed by atoms with van der Waals surface area (Å²) in [5.41, 5.74) is 0. The second-order valence-corrected chi connectivity index (χ2v) is 1.68. The average Bonchev–Trinajstić information content (AvgIpc) is 1.86. The van der Waals surface area contributed by atoms with Crippen molar-refractivity contribution in [2.45, 2.75) is 0 Å². The summed E-state index contributed by atoms with van der Waals surface area (Å²) in [6.07, 6.45) is 0. The van der Waals surface area contributed by atoms with Gasteiger partial charge in [-0.3, -0.25) is 4.79 Å². The molecule has 0 aromatic heterocycles. The first kappa shape index (κ1) is 4.03. The maximum absolute atomic E-state index is 10.0. The summed E-state index contributed by atoms with van der Waals surface area (Å²) < 4.78 is 4.62. The molecule has 0 aromatic carbocycles. The molecular formula is C2H4NO2P. The van der Waals surface area contributed by atoms with E-state index in [2.05, 4.69) is 9.61 Å². The summed E-state index contributed by atoms with van der Waals surface area (Å²) in [6, 6.07) is 0. The van der Waals surface area contributed by atoms with E-state index in [1.165, 1.54) is 0 Å². The molecule has 1 unspecified atom stereocenters. The first-order valence-corrected chi connectivity index (χ1v) is 2.46. The Morgan fingerprint density at radius 2 is 2.83 bits per heavy atom. The number of hydrogen-bond donors (Lipinski definition) is 1. The lowest BCUT2D eigenvalue weighted by Gasteiger charge is -1.76. The van der Waals surface area contributed by atoms with E-state index in [1.807, 2.05) is 0 Å². The Balaban J connectivity index is 2.37. The minimum atomic E-state index is -0.00617. The van der Waals surface area contributed by atoms with Gasteiger partial charge in [0.05, 0.1) is 0 Å². The van der Waals surface area contributed by atoms with Gasteiger partial charge in [-0.05, 0) is 0 Å². The van der Waals surface area contributed by atoms with Crippen LogP contribution in [0.5, 0.6) is 0 Å². The molecule has 0 saturated carbocycles. The highest BCUT2D eigenvalue weighted by Crippen LogP contribution is 2.10. The zero-order chi connectivity index (χ0) is 4.41. The number of nitrogens with one attached hydrogen (secondary N) is 1. The van der Waals surface area contributed by atoms with Gasteiger partial charge in [-0.15, -0.1) is 0 Å². The molecule has 1 saturated heterocycles. The fourth-order valence-electron chi connectivity index (χ4n) is 0.231. The molecule has 34 valence electrons. The molecule has 1 aliphatic heterocycles. The largest absolute Gasteiger partial charge is 0.332 e. The molecule has 1 aliphatic rings. The van der Waals surface area contributed by atoms with Crippen molar-refractivity contribution in [3.05, 3.63) is 0 Å². The Morgan fingerprint density at radius 3 is 3.00 bits per heavy atom. The van der Waals surface area contributed by atoms with Crippen LogP contribution in [0.2, 0.25) is 0 Å². The topological polar surface area (TPSA) is 38.3 Å². The SMILES string of the molecule is O=C1COPN1. The Kier molecular flexibility index (Phi) is 1.03. The van der Waals surface area contributed by atoms with E-state index in [-0.39, 0.29) is 21.5 Å². The summed E-state index contributed by atoms with van der Waals surface area (Å²) in [5, 5.41) is 2.49. The molecule has 0 aliphatic carbocycles. The van der Waals surface area contributed by atoms with Crippen LogP contribution < -0.4 is 5.09 Å². The predicted octanol–water partition coefficient (Wildman–Crippen LogP) is -0.359. The minimum Gasteiger partial charge on any atom is -0.332 e. The van der Waals surface area contributed by atoms with Gasteiger partial charge in [0.2, 0.25) is 0 Å². The molecule has 0 radical (unpaired) electrons. The molecule has 0 aromatic rings. The van der Waals surface area contributed by atoms with Gasteiger partial charge < -0.3 is 9.61 Å². The summed E-state index contributed by atoms with van der Waals surface area (Å²) in [5.74, 6) is -0.00617. The van der Waals surface area contributed by atoms with E-state index in [4.69, 9.17) is 0 Å². The fraction of sp³-hybridized carbons (Fsp3) is 0.500. The molecule has 0 spiro atoms. The molecule has 1 heterocycles. The Morgan fingerprint density at radius 1 is 2.00 bits per heavy atom. The lowest BCUT2D eigenvalue weighted by molar-refractivity contribution is -0.119. The molecule has 3 nitrogen and oxygen atoms in total. The van der Waals surface area contributed by atoms with Crippen molar-refractivity contribution < 1.29 is 9.32 Å². The smallest absolute Gasteiger partial charge is 0.251 e. The van der Waals surface area contributed by atoms with Crippen molar-refractivity contribution in [2.24, 2.45) is 0 Å². The number of amides is 1. The van der Waals surface area contributed by atoms with Crippen LogP contribution in [0.1, 0.15) is 0 Å². The van der Waals surface area contributed by atoms with Crippen LogP contribution in [0.3, 0.4) is 0 Å². The van der Waals surface area contributed by atoms with Crippen LogP contribution in [-0.4, -0.2) is 12.5 Å². The van der Waals surface area contributed by atoms with Crippen molar-refractivity contribution in [1.29, 1.82) is 0 Å². The van der Waals surface area contributed by atoms with Gasteiger partial charge in [-0.25, -0.2) is 0 Å². The van der Waals surface area contributed by atoms with Crippen LogP contribution >= 0.6 is 8.96 Å². The maximum atomic E-state index is 10.0.